The van der Waals surface area contributed by atoms with Crippen LogP contribution in [-0.2, 0) is 6.54 Å². The minimum Gasteiger partial charge on any atom is -0.392 e. The van der Waals surface area contributed by atoms with Gasteiger partial charge in [-0.3, -0.25) is 0 Å². The molecule has 1 unspecified atom stereocenters. The molecular formula is C14H24N2O2S. The van der Waals surface area contributed by atoms with Crippen LogP contribution in [0.25, 0.3) is 0 Å². The third kappa shape index (κ3) is 5.20. The van der Waals surface area contributed by atoms with Crippen molar-refractivity contribution in [3.05, 3.63) is 22.4 Å². The Kier molecular flexibility index (Phi) is 5.82. The van der Waals surface area contributed by atoms with E-state index in [1.807, 2.05) is 44.5 Å². The van der Waals surface area contributed by atoms with E-state index in [4.69, 9.17) is 0 Å². The lowest BCUT2D eigenvalue weighted by atomic mass is 9.81. The second-order valence-electron chi connectivity index (χ2n) is 5.85. The van der Waals surface area contributed by atoms with E-state index >= 15 is 0 Å². The van der Waals surface area contributed by atoms with Crippen molar-refractivity contribution in [1.29, 1.82) is 0 Å². The Bertz CT molecular complexity index is 388. The molecule has 0 aromatic carbocycles. The Labute approximate surface area is 119 Å². The highest BCUT2D eigenvalue weighted by Gasteiger charge is 2.30. The van der Waals surface area contributed by atoms with Crippen molar-refractivity contribution in [1.82, 2.24) is 10.6 Å². The number of rotatable bonds is 6. The predicted molar refractivity (Wildman–Crippen MR) is 79.2 cm³/mol. The van der Waals surface area contributed by atoms with Gasteiger partial charge in [0.2, 0.25) is 0 Å². The van der Waals surface area contributed by atoms with Crippen LogP contribution < -0.4 is 10.6 Å². The maximum absolute atomic E-state index is 11.7. The predicted octanol–water partition coefficient (Wildman–Crippen LogP) is 2.59. The summed E-state index contributed by atoms with van der Waals surface area (Å²) in [5.74, 6) is 0.172. The summed E-state index contributed by atoms with van der Waals surface area (Å²) < 4.78 is 0. The zero-order valence-electron chi connectivity index (χ0n) is 12.1. The summed E-state index contributed by atoms with van der Waals surface area (Å²) in [6, 6.07) is 1.78. The van der Waals surface area contributed by atoms with Gasteiger partial charge >= 0.3 is 6.03 Å². The second-order valence-corrected chi connectivity index (χ2v) is 6.63. The number of amides is 2. The molecule has 0 aliphatic carbocycles. The number of urea groups is 1. The van der Waals surface area contributed by atoms with Crippen molar-refractivity contribution in [3.8, 4) is 0 Å². The van der Waals surface area contributed by atoms with Crippen LogP contribution in [0, 0.1) is 11.3 Å². The van der Waals surface area contributed by atoms with Crippen LogP contribution in [-0.4, -0.2) is 23.8 Å². The summed E-state index contributed by atoms with van der Waals surface area (Å²) in [7, 11) is 0. The zero-order valence-corrected chi connectivity index (χ0v) is 12.9. The number of hydrogen-bond donors (Lipinski definition) is 3. The summed E-state index contributed by atoms with van der Waals surface area (Å²) in [4.78, 5) is 11.7. The van der Waals surface area contributed by atoms with Crippen molar-refractivity contribution in [2.75, 3.05) is 6.54 Å². The number of aliphatic hydroxyl groups excluding tert-OH is 1. The topological polar surface area (TPSA) is 61.4 Å². The monoisotopic (exact) mass is 284 g/mol. The molecule has 1 heterocycles. The maximum Gasteiger partial charge on any atom is 0.315 e. The van der Waals surface area contributed by atoms with Gasteiger partial charge in [-0.05, 0) is 28.3 Å². The third-order valence-corrected chi connectivity index (χ3v) is 3.90. The highest BCUT2D eigenvalue weighted by molar-refractivity contribution is 7.07. The molecule has 1 rings (SSSR count). The number of carbonyl (C=O) groups is 1. The smallest absolute Gasteiger partial charge is 0.315 e. The number of carbonyl (C=O) groups excluding carboxylic acids is 1. The Morgan fingerprint density at radius 2 is 2.11 bits per heavy atom. The van der Waals surface area contributed by atoms with E-state index in [1.165, 1.54) is 0 Å². The van der Waals surface area contributed by atoms with Crippen molar-refractivity contribution < 1.29 is 9.90 Å². The summed E-state index contributed by atoms with van der Waals surface area (Å²) in [6.07, 6.45) is -0.440. The first kappa shape index (κ1) is 16.0. The van der Waals surface area contributed by atoms with Crippen molar-refractivity contribution in [3.63, 3.8) is 0 Å². The molecule has 0 radical (unpaired) electrons. The fraction of sp³-hybridized carbons (Fsp3) is 0.643. The summed E-state index contributed by atoms with van der Waals surface area (Å²) >= 11 is 1.61. The van der Waals surface area contributed by atoms with Gasteiger partial charge in [0.15, 0.2) is 0 Å². The van der Waals surface area contributed by atoms with Crippen LogP contribution >= 0.6 is 11.3 Å². The summed E-state index contributed by atoms with van der Waals surface area (Å²) in [5.41, 5.74) is 0.759. The van der Waals surface area contributed by atoms with Crippen LogP contribution in [0.2, 0.25) is 0 Å². The SMILES string of the molecule is CC(C)C(O)C(C)(C)CNC(=O)NCc1ccsc1. The normalized spacial score (nSPS) is 13.4. The lowest BCUT2D eigenvalue weighted by Gasteiger charge is -2.33. The molecule has 0 saturated carbocycles. The van der Waals surface area contributed by atoms with Crippen LogP contribution in [0.5, 0.6) is 0 Å². The van der Waals surface area contributed by atoms with Crippen molar-refractivity contribution >= 4 is 17.4 Å². The number of thiophene rings is 1. The molecule has 5 heteroatoms. The zero-order chi connectivity index (χ0) is 14.5. The van der Waals surface area contributed by atoms with Gasteiger partial charge in [-0.15, -0.1) is 0 Å². The summed E-state index contributed by atoms with van der Waals surface area (Å²) in [5, 5.41) is 19.7. The standard InChI is InChI=1S/C14H24N2O2S/c1-10(2)12(17)14(3,4)9-16-13(18)15-7-11-5-6-19-8-11/h5-6,8,10,12,17H,7,9H2,1-4H3,(H2,15,16,18). The quantitative estimate of drug-likeness (QED) is 0.752. The Balaban J connectivity index is 2.33. The lowest BCUT2D eigenvalue weighted by molar-refractivity contribution is 0.0151. The van der Waals surface area contributed by atoms with Gasteiger partial charge in [-0.2, -0.15) is 11.3 Å². The second kappa shape index (κ2) is 6.91. The molecule has 0 spiro atoms. The molecule has 1 aromatic rings. The fourth-order valence-corrected chi connectivity index (χ4v) is 2.62. The van der Waals surface area contributed by atoms with Crippen LogP contribution in [0.15, 0.2) is 16.8 Å². The molecule has 1 aromatic heterocycles. The molecule has 0 fully saturated rings. The first-order valence-corrected chi connectivity index (χ1v) is 7.48. The lowest BCUT2D eigenvalue weighted by Crippen LogP contribution is -2.46. The van der Waals surface area contributed by atoms with Crippen molar-refractivity contribution in [2.24, 2.45) is 11.3 Å². The molecule has 0 aliphatic rings. The van der Waals surface area contributed by atoms with E-state index in [1.54, 1.807) is 11.3 Å². The molecule has 2 amide bonds. The highest BCUT2D eigenvalue weighted by atomic mass is 32.1. The molecule has 19 heavy (non-hydrogen) atoms. The largest absolute Gasteiger partial charge is 0.392 e. The van der Waals surface area contributed by atoms with Gasteiger partial charge in [-0.1, -0.05) is 27.7 Å². The Hall–Kier alpha value is -1.07. The van der Waals surface area contributed by atoms with Crippen molar-refractivity contribution in [2.45, 2.75) is 40.3 Å². The summed E-state index contributed by atoms with van der Waals surface area (Å²) in [6.45, 7) is 8.84. The molecule has 4 nitrogen and oxygen atoms in total. The van der Waals surface area contributed by atoms with E-state index in [-0.39, 0.29) is 17.4 Å². The van der Waals surface area contributed by atoms with Crippen LogP contribution in [0.4, 0.5) is 4.79 Å². The number of nitrogens with one attached hydrogen (secondary N) is 2. The van der Waals surface area contributed by atoms with E-state index in [2.05, 4.69) is 10.6 Å². The maximum atomic E-state index is 11.7. The molecule has 0 aliphatic heterocycles. The average molecular weight is 284 g/mol. The molecule has 3 N–H and O–H groups in total. The molecule has 0 bridgehead atoms. The Morgan fingerprint density at radius 3 is 2.63 bits per heavy atom. The third-order valence-electron chi connectivity index (χ3n) is 3.17. The van der Waals surface area contributed by atoms with Gasteiger partial charge < -0.3 is 15.7 Å². The van der Waals surface area contributed by atoms with Crippen LogP contribution in [0.3, 0.4) is 0 Å². The molecular weight excluding hydrogens is 260 g/mol. The van der Waals surface area contributed by atoms with Crippen LogP contribution in [0.1, 0.15) is 33.3 Å². The number of hydrogen-bond acceptors (Lipinski definition) is 3. The first-order valence-electron chi connectivity index (χ1n) is 6.54. The molecule has 0 saturated heterocycles. The van der Waals surface area contributed by atoms with Gasteiger partial charge in [0.05, 0.1) is 6.10 Å². The number of aliphatic hydroxyl groups is 1. The molecule has 108 valence electrons. The Morgan fingerprint density at radius 1 is 1.42 bits per heavy atom. The van der Waals surface area contributed by atoms with Gasteiger partial charge in [0, 0.05) is 18.5 Å². The van der Waals surface area contributed by atoms with E-state index in [9.17, 15) is 9.90 Å². The van der Waals surface area contributed by atoms with Gasteiger partial charge in [0.1, 0.15) is 0 Å². The van der Waals surface area contributed by atoms with Gasteiger partial charge in [-0.25, -0.2) is 4.79 Å². The van der Waals surface area contributed by atoms with E-state index < -0.39 is 6.10 Å². The minimum atomic E-state index is -0.440. The first-order chi connectivity index (χ1) is 8.83. The van der Waals surface area contributed by atoms with E-state index in [0.717, 1.165) is 5.56 Å². The van der Waals surface area contributed by atoms with Gasteiger partial charge in [0.25, 0.3) is 0 Å². The fourth-order valence-electron chi connectivity index (χ4n) is 1.95. The van der Waals surface area contributed by atoms with E-state index in [0.29, 0.717) is 13.1 Å². The highest BCUT2D eigenvalue weighted by Crippen LogP contribution is 2.24. The minimum absolute atomic E-state index is 0.172. The molecule has 1 atom stereocenters. The average Bonchev–Trinajstić information content (AvgIpc) is 2.86.